The molecule has 0 unspecified atom stereocenters. The molecule has 0 bridgehead atoms. The maximum absolute atomic E-state index is 12.9. The number of hydrogen-bond donors (Lipinski definition) is 9. The number of benzene rings is 8. The van der Waals surface area contributed by atoms with Crippen molar-refractivity contribution in [3.63, 3.8) is 0 Å². The summed E-state index contributed by atoms with van der Waals surface area (Å²) in [6.07, 6.45) is 3.12. The monoisotopic (exact) mass is 1290 g/mol. The van der Waals surface area contributed by atoms with Gasteiger partial charge in [0, 0.05) is 90.1 Å². The van der Waals surface area contributed by atoms with Crippen molar-refractivity contribution in [1.82, 2.24) is 5.32 Å². The lowest BCUT2D eigenvalue weighted by Gasteiger charge is -2.18. The van der Waals surface area contributed by atoms with Gasteiger partial charge in [0.15, 0.2) is 0 Å². The molecule has 6 aliphatic rings. The number of para-hydroxylation sites is 1. The van der Waals surface area contributed by atoms with Crippen LogP contribution in [0.25, 0.3) is 0 Å². The molecule has 23 heteroatoms. The van der Waals surface area contributed by atoms with Crippen LogP contribution >= 0.6 is 0 Å². The predicted octanol–water partition coefficient (Wildman–Crippen LogP) is 9.93. The van der Waals surface area contributed by atoms with Gasteiger partial charge in [-0.25, -0.2) is 18.4 Å². The van der Waals surface area contributed by atoms with Gasteiger partial charge in [0.1, 0.15) is 11.6 Å². The number of anilines is 10. The van der Waals surface area contributed by atoms with Gasteiger partial charge in [0.2, 0.25) is 27.7 Å². The van der Waals surface area contributed by atoms with Crippen LogP contribution in [-0.2, 0) is 67.7 Å². The number of allylic oxidation sites excluding steroid dienone is 1. The van der Waals surface area contributed by atoms with E-state index in [9.17, 15) is 42.0 Å². The first-order chi connectivity index (χ1) is 45.6. The highest BCUT2D eigenvalue weighted by Gasteiger charge is 2.30. The number of esters is 1. The molecule has 0 spiro atoms. The van der Waals surface area contributed by atoms with Crippen molar-refractivity contribution in [1.29, 1.82) is 0 Å². The molecule has 14 rings (SSSR count). The lowest BCUT2D eigenvalue weighted by molar-refractivity contribution is -0.118. The van der Waals surface area contributed by atoms with Crippen LogP contribution in [0.3, 0.4) is 0 Å². The van der Waals surface area contributed by atoms with Crippen molar-refractivity contribution in [3.8, 4) is 0 Å². The standard InChI is InChI=1S/C20H20N4O2.C20H19N3O3.C17H16N2O.C15H13N3O4S/c1-12-22-16-7-6-13(10-17(16)23-12)11-19(25)24-9-8-14-15(20(26)21-2)4-3-5-18(14)24;1-12-21-16-5-3-13(9-17(16)22-12)10-19(24)23-8-7-14-11-15(20(25)26-2)4-6-18(14)23;1-12-10-14-11-13(8-9-16(14)18-12)17(20)19(2)15-6-4-3-5-7-15;16-23(21,22)12-4-1-9(2-5-12)15(20)17-11-3-6-13-10(7-11)8-14(19)18-13/h3-7,10,22-23H,1,8-9,11H2,2H3,(H,21,26);3-6,9,11,21-22H,1,7-8,10H2,2H3;3-9,11,18H,1,10H2,2H3;1-7H,8H2,(H,17,20)(H,18,19)(H2,16,21,22). The molecule has 22 nitrogen and oxygen atoms in total. The molecule has 95 heavy (non-hydrogen) atoms. The second kappa shape index (κ2) is 27.6. The van der Waals surface area contributed by atoms with E-state index in [1.54, 1.807) is 59.1 Å². The van der Waals surface area contributed by atoms with Crippen LogP contribution in [0, 0.1) is 0 Å². The fraction of sp³-hybridized carbons (Fsp3) is 0.153. The molecule has 6 aliphatic heterocycles. The van der Waals surface area contributed by atoms with Crippen molar-refractivity contribution >= 4 is 108 Å². The molecule has 0 fully saturated rings. The molecular formula is C72H68N12O10S. The van der Waals surface area contributed by atoms with Gasteiger partial charge in [-0.2, -0.15) is 0 Å². The van der Waals surface area contributed by atoms with Crippen LogP contribution in [-0.4, -0.2) is 84.1 Å². The molecule has 0 radical (unpaired) electrons. The van der Waals surface area contributed by atoms with Gasteiger partial charge < -0.3 is 62.0 Å². The quantitative estimate of drug-likeness (QED) is 0.0545. The lowest BCUT2D eigenvalue weighted by atomic mass is 10.0. The molecular weight excluding hydrogens is 1220 g/mol. The van der Waals surface area contributed by atoms with E-state index < -0.39 is 10.0 Å². The number of nitrogens with zero attached hydrogens (tertiary/aromatic N) is 3. The Bertz CT molecular complexity index is 4610. The Hall–Kier alpha value is -11.8. The number of hydrogen-bond acceptors (Lipinski definition) is 15. The number of nitrogens with one attached hydrogen (secondary N) is 8. The number of methoxy groups -OCH3 is 1. The van der Waals surface area contributed by atoms with E-state index in [2.05, 4.69) is 62.3 Å². The molecule has 8 aromatic carbocycles. The Balaban J connectivity index is 0.000000130. The van der Waals surface area contributed by atoms with E-state index in [1.165, 1.54) is 31.4 Å². The minimum absolute atomic E-state index is 0.00323. The number of rotatable bonds is 11. The summed E-state index contributed by atoms with van der Waals surface area (Å²) in [6, 6.07) is 48.4. The molecule has 0 aliphatic carbocycles. The molecule has 0 saturated carbocycles. The topological polar surface area (TPSA) is 295 Å². The second-order valence-corrected chi connectivity index (χ2v) is 24.5. The first-order valence-corrected chi connectivity index (χ1v) is 31.8. The third kappa shape index (κ3) is 14.8. The van der Waals surface area contributed by atoms with Crippen molar-refractivity contribution < 1.29 is 46.7 Å². The van der Waals surface area contributed by atoms with E-state index in [0.717, 1.165) is 115 Å². The molecule has 0 atom stereocenters. The van der Waals surface area contributed by atoms with Crippen LogP contribution in [0.5, 0.6) is 0 Å². The molecule has 0 aromatic heterocycles. The highest BCUT2D eigenvalue weighted by Crippen LogP contribution is 2.36. The number of carbonyl (C=O) groups excluding carboxylic acids is 7. The van der Waals surface area contributed by atoms with Crippen molar-refractivity contribution in [2.24, 2.45) is 5.14 Å². The predicted molar refractivity (Wildman–Crippen MR) is 369 cm³/mol. The Morgan fingerprint density at radius 2 is 1.14 bits per heavy atom. The maximum Gasteiger partial charge on any atom is 0.337 e. The molecule has 6 heterocycles. The zero-order chi connectivity index (χ0) is 67.2. The summed E-state index contributed by atoms with van der Waals surface area (Å²) in [5, 5.41) is 28.8. The third-order valence-corrected chi connectivity index (χ3v) is 17.4. The van der Waals surface area contributed by atoms with E-state index in [0.29, 0.717) is 60.3 Å². The molecule has 6 amide bonds. The van der Waals surface area contributed by atoms with Crippen molar-refractivity contribution in [2.45, 2.75) is 43.4 Å². The number of nitrogens with two attached hydrogens (primary N) is 1. The van der Waals surface area contributed by atoms with Gasteiger partial charge in [0.25, 0.3) is 17.7 Å². The Morgan fingerprint density at radius 1 is 0.568 bits per heavy atom. The van der Waals surface area contributed by atoms with Crippen molar-refractivity contribution in [2.75, 3.05) is 86.2 Å². The number of primary sulfonamides is 1. The van der Waals surface area contributed by atoms with E-state index in [4.69, 9.17) is 9.88 Å². The highest BCUT2D eigenvalue weighted by molar-refractivity contribution is 7.89. The SMILES string of the molecule is C=C1Cc2cc(C(=O)N(C)c3ccccc3)ccc2N1.C=C1Nc2ccc(CC(=O)N3CCc4c(C(=O)NC)cccc43)cc2N1.C=C1Nc2ccc(CC(=O)N3CCc4cc(C(=O)OC)ccc43)cc2N1.NS(=O)(=O)c1ccc(C(=O)Nc2ccc3c(c2)CC(=O)N3)cc1. The minimum Gasteiger partial charge on any atom is -0.465 e. The maximum atomic E-state index is 12.9. The van der Waals surface area contributed by atoms with Crippen LogP contribution < -0.4 is 62.4 Å². The fourth-order valence-electron chi connectivity index (χ4n) is 11.8. The summed E-state index contributed by atoms with van der Waals surface area (Å²) in [5.74, 6) is 0.590. The number of fused-ring (bicyclic) bond motifs is 6. The van der Waals surface area contributed by atoms with Gasteiger partial charge >= 0.3 is 5.97 Å². The van der Waals surface area contributed by atoms with Crippen LogP contribution in [0.2, 0.25) is 0 Å². The van der Waals surface area contributed by atoms with E-state index in [1.807, 2.05) is 109 Å². The summed E-state index contributed by atoms with van der Waals surface area (Å²) in [5.41, 5.74) is 17.6. The first-order valence-electron chi connectivity index (χ1n) is 30.2. The molecule has 8 aromatic rings. The Kier molecular flexibility index (Phi) is 18.8. The molecule has 482 valence electrons. The number of carbonyl (C=O) groups is 7. The smallest absolute Gasteiger partial charge is 0.337 e. The van der Waals surface area contributed by atoms with Gasteiger partial charge in [-0.05, 0) is 174 Å². The number of ether oxygens (including phenoxy) is 1. The Morgan fingerprint density at radius 3 is 1.78 bits per heavy atom. The van der Waals surface area contributed by atoms with Gasteiger partial charge in [-0.1, -0.05) is 56.1 Å². The fourth-order valence-corrected chi connectivity index (χ4v) is 12.3. The van der Waals surface area contributed by atoms with Gasteiger partial charge in [-0.3, -0.25) is 28.8 Å². The van der Waals surface area contributed by atoms with Crippen LogP contribution in [0.15, 0.2) is 206 Å². The summed E-state index contributed by atoms with van der Waals surface area (Å²) >= 11 is 0. The average Bonchev–Trinajstić information content (AvgIpc) is 1.70. The zero-order valence-corrected chi connectivity index (χ0v) is 53.1. The largest absolute Gasteiger partial charge is 0.465 e. The summed E-state index contributed by atoms with van der Waals surface area (Å²) in [7, 11) is 0.986. The molecule has 10 N–H and O–H groups in total. The number of amides is 6. The number of sulfonamides is 1. The minimum atomic E-state index is -3.79. The van der Waals surface area contributed by atoms with Crippen molar-refractivity contribution in [3.05, 3.63) is 257 Å². The van der Waals surface area contributed by atoms with Gasteiger partial charge in [-0.15, -0.1) is 0 Å². The lowest BCUT2D eigenvalue weighted by Crippen LogP contribution is -2.30. The second-order valence-electron chi connectivity index (χ2n) is 23.0. The summed E-state index contributed by atoms with van der Waals surface area (Å²) in [4.78, 5) is 90.5. The van der Waals surface area contributed by atoms with E-state index in [-0.39, 0.29) is 52.7 Å². The third-order valence-electron chi connectivity index (χ3n) is 16.5. The van der Waals surface area contributed by atoms with Crippen LogP contribution in [0.4, 0.5) is 56.9 Å². The Labute approximate surface area is 549 Å². The van der Waals surface area contributed by atoms with Gasteiger partial charge in [0.05, 0.1) is 59.6 Å². The normalized spacial score (nSPS) is 13.8. The molecule has 0 saturated heterocycles. The zero-order valence-electron chi connectivity index (χ0n) is 52.3. The average molecular weight is 1290 g/mol. The summed E-state index contributed by atoms with van der Waals surface area (Å²) < 4.78 is 27.1. The van der Waals surface area contributed by atoms with E-state index >= 15 is 0 Å². The van der Waals surface area contributed by atoms with Crippen LogP contribution in [0.1, 0.15) is 74.8 Å². The highest BCUT2D eigenvalue weighted by atomic mass is 32.2. The summed E-state index contributed by atoms with van der Waals surface area (Å²) in [6.45, 7) is 12.8. The first kappa shape index (κ1) is 64.7.